The summed E-state index contributed by atoms with van der Waals surface area (Å²) >= 11 is 0. The maximum atomic E-state index is 12.0. The van der Waals surface area contributed by atoms with Gasteiger partial charge in [0.15, 0.2) is 0 Å². The molecule has 0 aliphatic heterocycles. The molecule has 1 aromatic carbocycles. The Labute approximate surface area is 109 Å². The second-order valence-electron chi connectivity index (χ2n) is 6.29. The second kappa shape index (κ2) is 4.11. The Balaban J connectivity index is 1.62. The van der Waals surface area contributed by atoms with Crippen molar-refractivity contribution < 1.29 is 4.79 Å². The SMILES string of the molecule is CN(CC1(C)CC1c1ccccc1)C(=O)C1CC1. The van der Waals surface area contributed by atoms with Crippen molar-refractivity contribution in [1.29, 1.82) is 0 Å². The van der Waals surface area contributed by atoms with Gasteiger partial charge in [0.25, 0.3) is 0 Å². The Morgan fingerprint density at radius 1 is 1.33 bits per heavy atom. The standard InChI is InChI=1S/C16H21NO/c1-16(11-17(2)15(18)13-8-9-13)10-14(16)12-6-4-3-5-7-12/h3-7,13-14H,8-11H2,1-2H3. The van der Waals surface area contributed by atoms with Gasteiger partial charge in [0.05, 0.1) is 0 Å². The van der Waals surface area contributed by atoms with Crippen LogP contribution in [-0.4, -0.2) is 24.4 Å². The number of carbonyl (C=O) groups excluding carboxylic acids is 1. The molecule has 1 aromatic rings. The first kappa shape index (κ1) is 11.8. The van der Waals surface area contributed by atoms with Crippen LogP contribution in [0.3, 0.4) is 0 Å². The number of hydrogen-bond acceptors (Lipinski definition) is 1. The Bertz CT molecular complexity index is 451. The molecule has 2 heteroatoms. The van der Waals surface area contributed by atoms with Gasteiger partial charge in [-0.25, -0.2) is 0 Å². The molecule has 2 aliphatic rings. The first-order valence-electron chi connectivity index (χ1n) is 6.90. The van der Waals surface area contributed by atoms with Crippen molar-refractivity contribution in [2.24, 2.45) is 11.3 Å². The summed E-state index contributed by atoms with van der Waals surface area (Å²) in [5.41, 5.74) is 1.72. The van der Waals surface area contributed by atoms with Crippen molar-refractivity contribution >= 4 is 5.91 Å². The minimum atomic E-state index is 0.292. The van der Waals surface area contributed by atoms with Gasteiger partial charge in [-0.2, -0.15) is 0 Å². The Morgan fingerprint density at radius 2 is 2.00 bits per heavy atom. The van der Waals surface area contributed by atoms with Crippen LogP contribution in [0.1, 0.15) is 37.7 Å². The van der Waals surface area contributed by atoms with Crippen LogP contribution < -0.4 is 0 Å². The molecule has 2 saturated carbocycles. The van der Waals surface area contributed by atoms with E-state index in [1.807, 2.05) is 11.9 Å². The lowest BCUT2D eigenvalue weighted by atomic mass is 10.0. The highest BCUT2D eigenvalue weighted by atomic mass is 16.2. The molecular weight excluding hydrogens is 222 g/mol. The molecule has 18 heavy (non-hydrogen) atoms. The molecule has 0 bridgehead atoms. The Kier molecular flexibility index (Phi) is 2.69. The van der Waals surface area contributed by atoms with E-state index in [4.69, 9.17) is 0 Å². The minimum absolute atomic E-state index is 0.292. The molecule has 2 aliphatic carbocycles. The third-order valence-electron chi connectivity index (χ3n) is 4.45. The van der Waals surface area contributed by atoms with Gasteiger partial charge in [0.1, 0.15) is 0 Å². The van der Waals surface area contributed by atoms with E-state index in [1.165, 1.54) is 12.0 Å². The molecule has 0 spiro atoms. The summed E-state index contributed by atoms with van der Waals surface area (Å²) in [5, 5.41) is 0. The van der Waals surface area contributed by atoms with E-state index >= 15 is 0 Å². The molecule has 0 aromatic heterocycles. The van der Waals surface area contributed by atoms with Crippen molar-refractivity contribution in [3.05, 3.63) is 35.9 Å². The van der Waals surface area contributed by atoms with Gasteiger partial charge in [0.2, 0.25) is 5.91 Å². The van der Waals surface area contributed by atoms with Crippen molar-refractivity contribution in [3.8, 4) is 0 Å². The largest absolute Gasteiger partial charge is 0.345 e. The summed E-state index contributed by atoms with van der Waals surface area (Å²) in [4.78, 5) is 13.9. The lowest BCUT2D eigenvalue weighted by molar-refractivity contribution is -0.131. The lowest BCUT2D eigenvalue weighted by Gasteiger charge is -2.22. The van der Waals surface area contributed by atoms with Crippen LogP contribution in [0.25, 0.3) is 0 Å². The molecule has 2 nitrogen and oxygen atoms in total. The smallest absolute Gasteiger partial charge is 0.225 e. The van der Waals surface area contributed by atoms with Gasteiger partial charge in [-0.1, -0.05) is 37.3 Å². The molecule has 2 unspecified atom stereocenters. The van der Waals surface area contributed by atoms with E-state index in [2.05, 4.69) is 37.3 Å². The van der Waals surface area contributed by atoms with Crippen LogP contribution in [0.5, 0.6) is 0 Å². The predicted molar refractivity (Wildman–Crippen MR) is 72.3 cm³/mol. The summed E-state index contributed by atoms with van der Waals surface area (Å²) in [7, 11) is 1.96. The highest BCUT2D eigenvalue weighted by Gasteiger charge is 2.52. The van der Waals surface area contributed by atoms with Crippen molar-refractivity contribution in [1.82, 2.24) is 4.90 Å². The van der Waals surface area contributed by atoms with Gasteiger partial charge in [-0.3, -0.25) is 4.79 Å². The van der Waals surface area contributed by atoms with E-state index in [9.17, 15) is 4.79 Å². The number of carbonyl (C=O) groups is 1. The molecule has 2 fully saturated rings. The average molecular weight is 243 g/mol. The zero-order chi connectivity index (χ0) is 12.8. The van der Waals surface area contributed by atoms with Crippen LogP contribution in [0.4, 0.5) is 0 Å². The van der Waals surface area contributed by atoms with E-state index in [0.717, 1.165) is 19.4 Å². The third kappa shape index (κ3) is 2.16. The zero-order valence-corrected chi connectivity index (χ0v) is 11.2. The number of benzene rings is 1. The Morgan fingerprint density at radius 3 is 2.61 bits per heavy atom. The first-order valence-corrected chi connectivity index (χ1v) is 6.90. The quantitative estimate of drug-likeness (QED) is 0.796. The summed E-state index contributed by atoms with van der Waals surface area (Å²) in [5.74, 6) is 1.33. The van der Waals surface area contributed by atoms with Gasteiger partial charge < -0.3 is 4.90 Å². The molecule has 3 rings (SSSR count). The fraction of sp³-hybridized carbons (Fsp3) is 0.562. The third-order valence-corrected chi connectivity index (χ3v) is 4.45. The maximum absolute atomic E-state index is 12.0. The molecule has 0 N–H and O–H groups in total. The molecule has 96 valence electrons. The molecule has 0 radical (unpaired) electrons. The van der Waals surface area contributed by atoms with Crippen LogP contribution >= 0.6 is 0 Å². The summed E-state index contributed by atoms with van der Waals surface area (Å²) < 4.78 is 0. The maximum Gasteiger partial charge on any atom is 0.225 e. The monoisotopic (exact) mass is 243 g/mol. The minimum Gasteiger partial charge on any atom is -0.345 e. The lowest BCUT2D eigenvalue weighted by Crippen LogP contribution is -2.33. The van der Waals surface area contributed by atoms with E-state index in [1.54, 1.807) is 0 Å². The van der Waals surface area contributed by atoms with Crippen LogP contribution in [0, 0.1) is 11.3 Å². The fourth-order valence-corrected chi connectivity index (χ4v) is 3.05. The normalized spacial score (nSPS) is 30.0. The van der Waals surface area contributed by atoms with E-state index < -0.39 is 0 Å². The van der Waals surface area contributed by atoms with Gasteiger partial charge in [-0.05, 0) is 36.2 Å². The van der Waals surface area contributed by atoms with Gasteiger partial charge in [0, 0.05) is 19.5 Å². The second-order valence-corrected chi connectivity index (χ2v) is 6.29. The topological polar surface area (TPSA) is 20.3 Å². The summed E-state index contributed by atoms with van der Waals surface area (Å²) in [6, 6.07) is 10.7. The first-order chi connectivity index (χ1) is 8.60. The van der Waals surface area contributed by atoms with Crippen molar-refractivity contribution in [2.45, 2.75) is 32.1 Å². The molecule has 2 atom stereocenters. The molecular formula is C16H21NO. The number of amides is 1. The number of hydrogen-bond donors (Lipinski definition) is 0. The van der Waals surface area contributed by atoms with E-state index in [0.29, 0.717) is 23.2 Å². The van der Waals surface area contributed by atoms with Gasteiger partial charge >= 0.3 is 0 Å². The van der Waals surface area contributed by atoms with Gasteiger partial charge in [-0.15, -0.1) is 0 Å². The van der Waals surface area contributed by atoms with Crippen LogP contribution in [-0.2, 0) is 4.79 Å². The average Bonchev–Trinajstić information content (AvgIpc) is 3.25. The fourth-order valence-electron chi connectivity index (χ4n) is 3.05. The molecule has 0 saturated heterocycles. The highest BCUT2D eigenvalue weighted by molar-refractivity contribution is 5.80. The number of nitrogens with zero attached hydrogens (tertiary/aromatic N) is 1. The van der Waals surface area contributed by atoms with Crippen LogP contribution in [0.2, 0.25) is 0 Å². The number of rotatable bonds is 4. The molecule has 1 amide bonds. The molecule has 0 heterocycles. The zero-order valence-electron chi connectivity index (χ0n) is 11.2. The van der Waals surface area contributed by atoms with E-state index in [-0.39, 0.29) is 0 Å². The van der Waals surface area contributed by atoms with Crippen molar-refractivity contribution in [3.63, 3.8) is 0 Å². The summed E-state index contributed by atoms with van der Waals surface area (Å²) in [6.45, 7) is 3.21. The van der Waals surface area contributed by atoms with Crippen LogP contribution in [0.15, 0.2) is 30.3 Å². The summed E-state index contributed by atoms with van der Waals surface area (Å²) in [6.07, 6.45) is 3.41. The predicted octanol–water partition coefficient (Wildman–Crippen LogP) is 3.05. The Hall–Kier alpha value is -1.31. The highest BCUT2D eigenvalue weighted by Crippen LogP contribution is 2.59. The van der Waals surface area contributed by atoms with Crippen molar-refractivity contribution in [2.75, 3.05) is 13.6 Å².